The average Bonchev–Trinajstić information content (AvgIpc) is 3.09. The Morgan fingerprint density at radius 1 is 1.07 bits per heavy atom. The highest BCUT2D eigenvalue weighted by Crippen LogP contribution is 2.17. The summed E-state index contributed by atoms with van der Waals surface area (Å²) in [5.74, 6) is 0. The first-order chi connectivity index (χ1) is 13.6. The molecule has 4 aromatic rings. The zero-order valence-electron chi connectivity index (χ0n) is 15.0. The zero-order chi connectivity index (χ0) is 19.7. The van der Waals surface area contributed by atoms with Gasteiger partial charge in [0.1, 0.15) is 0 Å². The number of benzene rings is 2. The minimum absolute atomic E-state index is 0.102. The lowest BCUT2D eigenvalue weighted by atomic mass is 10.2. The molecule has 0 unspecified atom stereocenters. The first kappa shape index (κ1) is 18.0. The van der Waals surface area contributed by atoms with Crippen LogP contribution in [0.2, 0.25) is 5.02 Å². The number of aromatic nitrogens is 4. The summed E-state index contributed by atoms with van der Waals surface area (Å²) in [6.07, 6.45) is 3.10. The molecule has 0 atom stereocenters. The van der Waals surface area contributed by atoms with Crippen LogP contribution in [0.3, 0.4) is 0 Å². The molecule has 0 aliphatic heterocycles. The quantitative estimate of drug-likeness (QED) is 0.490. The van der Waals surface area contributed by atoms with Crippen molar-refractivity contribution in [1.82, 2.24) is 18.7 Å². The minimum atomic E-state index is -0.482. The van der Waals surface area contributed by atoms with E-state index in [9.17, 15) is 9.59 Å². The summed E-state index contributed by atoms with van der Waals surface area (Å²) in [7, 11) is 0. The second-order valence-corrected chi connectivity index (χ2v) is 6.77. The third-order valence-electron chi connectivity index (χ3n) is 4.47. The largest absolute Gasteiger partial charge is 0.337 e. The van der Waals surface area contributed by atoms with E-state index in [1.165, 1.54) is 10.6 Å². The van der Waals surface area contributed by atoms with Gasteiger partial charge in [0.05, 0.1) is 12.0 Å². The number of fused-ring (bicyclic) bond motifs is 1. The van der Waals surface area contributed by atoms with Gasteiger partial charge in [0.25, 0.3) is 5.56 Å². The van der Waals surface area contributed by atoms with Gasteiger partial charge in [-0.3, -0.25) is 9.36 Å². The predicted molar refractivity (Wildman–Crippen MR) is 110 cm³/mol. The summed E-state index contributed by atoms with van der Waals surface area (Å²) in [5, 5.41) is 0.489. The van der Waals surface area contributed by atoms with E-state index in [4.69, 9.17) is 11.6 Å². The molecule has 0 fully saturated rings. The molecule has 6 nitrogen and oxygen atoms in total. The van der Waals surface area contributed by atoms with Crippen LogP contribution in [0.15, 0.2) is 83.2 Å². The molecule has 0 spiro atoms. The number of hydrogen-bond acceptors (Lipinski definition) is 3. The van der Waals surface area contributed by atoms with Gasteiger partial charge in [-0.2, -0.15) is 0 Å². The van der Waals surface area contributed by atoms with Gasteiger partial charge in [-0.1, -0.05) is 54.1 Å². The summed E-state index contributed by atoms with van der Waals surface area (Å²) >= 11 is 6.12. The first-order valence-electron chi connectivity index (χ1n) is 8.71. The van der Waals surface area contributed by atoms with E-state index in [1.54, 1.807) is 35.2 Å². The van der Waals surface area contributed by atoms with Gasteiger partial charge in [0.2, 0.25) is 0 Å². The van der Waals surface area contributed by atoms with Crippen LogP contribution in [0.5, 0.6) is 0 Å². The molecule has 0 aliphatic rings. The fraction of sp³-hybridized carbons (Fsp3) is 0.0952. The Hall–Kier alpha value is -3.38. The van der Waals surface area contributed by atoms with E-state index in [0.29, 0.717) is 28.4 Å². The van der Waals surface area contributed by atoms with Crippen LogP contribution in [-0.2, 0) is 13.1 Å². The summed E-state index contributed by atoms with van der Waals surface area (Å²) in [6, 6.07) is 16.7. The molecule has 4 rings (SSSR count). The lowest BCUT2D eigenvalue weighted by Crippen LogP contribution is -2.39. The van der Waals surface area contributed by atoms with Crippen LogP contribution in [0.4, 0.5) is 0 Å². The van der Waals surface area contributed by atoms with E-state index >= 15 is 0 Å². The van der Waals surface area contributed by atoms with Gasteiger partial charge in [0.15, 0.2) is 11.2 Å². The molecule has 0 aliphatic carbocycles. The number of allylic oxidation sites excluding steroid dienone is 1. The van der Waals surface area contributed by atoms with Crippen molar-refractivity contribution in [3.05, 3.63) is 105 Å². The molecule has 0 bridgehead atoms. The molecule has 0 N–H and O–H groups in total. The number of hydrogen-bond donors (Lipinski definition) is 0. The highest BCUT2D eigenvalue weighted by atomic mass is 35.5. The summed E-state index contributed by atoms with van der Waals surface area (Å²) in [6.45, 7) is 4.23. The van der Waals surface area contributed by atoms with E-state index in [-0.39, 0.29) is 6.54 Å². The van der Waals surface area contributed by atoms with E-state index < -0.39 is 11.2 Å². The van der Waals surface area contributed by atoms with Crippen LogP contribution in [0.25, 0.3) is 16.9 Å². The monoisotopic (exact) mass is 392 g/mol. The Labute approximate surface area is 165 Å². The molecule has 7 heteroatoms. The van der Waals surface area contributed by atoms with Gasteiger partial charge in [-0.15, -0.1) is 6.58 Å². The smallest absolute Gasteiger partial charge is 0.320 e. The fourth-order valence-electron chi connectivity index (χ4n) is 3.22. The topological polar surface area (TPSA) is 61.8 Å². The predicted octanol–water partition coefficient (Wildman–Crippen LogP) is 3.24. The number of imidazole rings is 1. The van der Waals surface area contributed by atoms with Crippen molar-refractivity contribution in [2.75, 3.05) is 0 Å². The minimum Gasteiger partial charge on any atom is -0.320 e. The molecule has 2 aromatic heterocycles. The molecule has 2 aromatic carbocycles. The van der Waals surface area contributed by atoms with E-state index in [2.05, 4.69) is 11.6 Å². The Morgan fingerprint density at radius 2 is 1.86 bits per heavy atom. The van der Waals surface area contributed by atoms with Gasteiger partial charge >= 0.3 is 5.69 Å². The van der Waals surface area contributed by atoms with Gasteiger partial charge in [-0.05, 0) is 23.8 Å². The van der Waals surface area contributed by atoms with Crippen molar-refractivity contribution >= 4 is 22.8 Å². The maximum Gasteiger partial charge on any atom is 0.337 e. The number of nitrogens with zero attached hydrogens (tertiary/aromatic N) is 4. The summed E-state index contributed by atoms with van der Waals surface area (Å²) in [5.41, 5.74) is 1.34. The lowest BCUT2D eigenvalue weighted by molar-refractivity contribution is 0.690. The molecular formula is C21H17ClN4O2. The van der Waals surface area contributed by atoms with Gasteiger partial charge in [0, 0.05) is 18.1 Å². The van der Waals surface area contributed by atoms with Gasteiger partial charge in [-0.25, -0.2) is 14.3 Å². The lowest BCUT2D eigenvalue weighted by Gasteiger charge is -2.12. The van der Waals surface area contributed by atoms with Crippen molar-refractivity contribution in [1.29, 1.82) is 0 Å². The van der Waals surface area contributed by atoms with Crippen LogP contribution in [0.1, 0.15) is 5.56 Å². The zero-order valence-corrected chi connectivity index (χ0v) is 15.7. The van der Waals surface area contributed by atoms with Crippen molar-refractivity contribution in [2.24, 2.45) is 0 Å². The highest BCUT2D eigenvalue weighted by molar-refractivity contribution is 6.30. The molecule has 0 saturated carbocycles. The Balaban J connectivity index is 2.03. The van der Waals surface area contributed by atoms with Crippen LogP contribution >= 0.6 is 11.6 Å². The van der Waals surface area contributed by atoms with Crippen LogP contribution in [-0.4, -0.2) is 18.7 Å². The normalized spacial score (nSPS) is 11.0. The number of rotatable bonds is 5. The second-order valence-electron chi connectivity index (χ2n) is 6.33. The van der Waals surface area contributed by atoms with Crippen molar-refractivity contribution in [3.63, 3.8) is 0 Å². The maximum atomic E-state index is 13.1. The SMILES string of the molecule is C=CCn1c(=O)c2c(ncn2Cc2ccccc2)n(-c2cccc(Cl)c2)c1=O. The summed E-state index contributed by atoms with van der Waals surface area (Å²) in [4.78, 5) is 30.5. The Bertz CT molecular complexity index is 1290. The molecule has 28 heavy (non-hydrogen) atoms. The standard InChI is InChI=1S/C21H17ClN4O2/c1-2-11-25-20(27)18-19(23-14-24(18)13-15-7-4-3-5-8-15)26(21(25)28)17-10-6-9-16(22)12-17/h2-10,12,14H,1,11,13H2. The third-order valence-corrected chi connectivity index (χ3v) is 4.71. The third kappa shape index (κ3) is 3.08. The van der Waals surface area contributed by atoms with E-state index in [0.717, 1.165) is 10.1 Å². The van der Waals surface area contributed by atoms with Crippen molar-refractivity contribution in [3.8, 4) is 5.69 Å². The molecule has 2 heterocycles. The second kappa shape index (κ2) is 7.32. The van der Waals surface area contributed by atoms with Crippen molar-refractivity contribution < 1.29 is 0 Å². The maximum absolute atomic E-state index is 13.1. The number of halogens is 1. The molecule has 140 valence electrons. The average molecular weight is 393 g/mol. The highest BCUT2D eigenvalue weighted by Gasteiger charge is 2.19. The van der Waals surface area contributed by atoms with E-state index in [1.807, 2.05) is 30.3 Å². The van der Waals surface area contributed by atoms with Crippen molar-refractivity contribution in [2.45, 2.75) is 13.1 Å². The Morgan fingerprint density at radius 3 is 2.57 bits per heavy atom. The molecule has 0 radical (unpaired) electrons. The van der Waals surface area contributed by atoms with Crippen LogP contribution < -0.4 is 11.2 Å². The van der Waals surface area contributed by atoms with Gasteiger partial charge < -0.3 is 4.57 Å². The molecule has 0 amide bonds. The van der Waals surface area contributed by atoms with Crippen LogP contribution in [0, 0.1) is 0 Å². The first-order valence-corrected chi connectivity index (χ1v) is 9.09. The Kier molecular flexibility index (Phi) is 4.71. The molecular weight excluding hydrogens is 376 g/mol. The molecule has 0 saturated heterocycles. The fourth-order valence-corrected chi connectivity index (χ4v) is 3.40. The summed E-state index contributed by atoms with van der Waals surface area (Å²) < 4.78 is 4.32.